The summed E-state index contributed by atoms with van der Waals surface area (Å²) >= 11 is 0. The molecule has 30 heavy (non-hydrogen) atoms. The fourth-order valence-electron chi connectivity index (χ4n) is 2.56. The molecule has 0 bridgehead atoms. The Morgan fingerprint density at radius 3 is 2.30 bits per heavy atom. The molecule has 162 valence electrons. The van der Waals surface area contributed by atoms with Gasteiger partial charge in [-0.05, 0) is 49.2 Å². The van der Waals surface area contributed by atoms with Crippen molar-refractivity contribution in [2.45, 2.75) is 26.2 Å². The van der Waals surface area contributed by atoms with Crippen molar-refractivity contribution in [3.63, 3.8) is 0 Å². The molecule has 2 aromatic rings. The number of benzene rings is 2. The van der Waals surface area contributed by atoms with E-state index in [1.54, 1.807) is 31.2 Å². The van der Waals surface area contributed by atoms with Gasteiger partial charge >= 0.3 is 0 Å². The maximum Gasteiger partial charge on any atom is 0.254 e. The van der Waals surface area contributed by atoms with Crippen molar-refractivity contribution < 1.29 is 26.8 Å². The summed E-state index contributed by atoms with van der Waals surface area (Å²) in [5.74, 6) is -2.68. The highest BCUT2D eigenvalue weighted by Crippen LogP contribution is 2.15. The Bertz CT molecular complexity index is 996. The van der Waals surface area contributed by atoms with Gasteiger partial charge in [0.25, 0.3) is 5.91 Å². The first-order valence-corrected chi connectivity index (χ1v) is 11.0. The Balaban J connectivity index is 1.75. The molecule has 0 saturated carbocycles. The summed E-state index contributed by atoms with van der Waals surface area (Å²) in [6.07, 6.45) is 0.926. The first kappa shape index (κ1) is 23.3. The summed E-state index contributed by atoms with van der Waals surface area (Å²) in [4.78, 5) is 23.8. The second kappa shape index (κ2) is 10.7. The lowest BCUT2D eigenvalue weighted by Crippen LogP contribution is -2.26. The summed E-state index contributed by atoms with van der Waals surface area (Å²) < 4.78 is 52.3. The summed E-state index contributed by atoms with van der Waals surface area (Å²) in [5, 5.41) is 5.13. The van der Waals surface area contributed by atoms with Gasteiger partial charge < -0.3 is 10.6 Å². The standard InChI is InChI=1S/C20H23F2N3O4S/c1-2-12-30(28,29)25-16-8-6-15(7-9-16)24-19(26)4-3-11-23-20(27)17-10-5-14(21)13-18(17)22/h5-10,13,25H,2-4,11-12H2,1H3,(H,23,27)(H,24,26). The van der Waals surface area contributed by atoms with Crippen LogP contribution in [0.15, 0.2) is 42.5 Å². The Labute approximate surface area is 173 Å². The van der Waals surface area contributed by atoms with Crippen LogP contribution in [-0.2, 0) is 14.8 Å². The number of nitrogens with one attached hydrogen (secondary N) is 3. The van der Waals surface area contributed by atoms with Crippen LogP contribution in [0.3, 0.4) is 0 Å². The molecule has 0 aliphatic heterocycles. The van der Waals surface area contributed by atoms with Gasteiger partial charge in [-0.25, -0.2) is 17.2 Å². The molecule has 7 nitrogen and oxygen atoms in total. The average Bonchev–Trinajstić information content (AvgIpc) is 2.66. The minimum atomic E-state index is -3.38. The Morgan fingerprint density at radius 1 is 1.00 bits per heavy atom. The Morgan fingerprint density at radius 2 is 1.67 bits per heavy atom. The number of carbonyl (C=O) groups excluding carboxylic acids is 2. The zero-order valence-corrected chi connectivity index (χ0v) is 17.2. The number of hydrogen-bond acceptors (Lipinski definition) is 4. The van der Waals surface area contributed by atoms with E-state index in [4.69, 9.17) is 0 Å². The molecule has 0 aromatic heterocycles. The third-order valence-corrected chi connectivity index (χ3v) is 5.45. The molecule has 0 aliphatic rings. The van der Waals surface area contributed by atoms with E-state index in [-0.39, 0.29) is 30.2 Å². The van der Waals surface area contributed by atoms with Crippen molar-refractivity contribution in [1.82, 2.24) is 5.32 Å². The maximum atomic E-state index is 13.5. The van der Waals surface area contributed by atoms with Crippen LogP contribution >= 0.6 is 0 Å². The van der Waals surface area contributed by atoms with Gasteiger partial charge in [0.1, 0.15) is 11.6 Å². The summed E-state index contributed by atoms with van der Waals surface area (Å²) in [7, 11) is -3.38. The molecule has 2 amide bonds. The molecule has 0 heterocycles. The van der Waals surface area contributed by atoms with E-state index in [0.29, 0.717) is 30.3 Å². The van der Waals surface area contributed by atoms with Crippen LogP contribution in [0.25, 0.3) is 0 Å². The van der Waals surface area contributed by atoms with Gasteiger partial charge in [-0.2, -0.15) is 0 Å². The molecule has 2 aromatic carbocycles. The maximum absolute atomic E-state index is 13.5. The predicted octanol–water partition coefficient (Wildman–Crippen LogP) is 3.27. The van der Waals surface area contributed by atoms with Crippen LogP contribution in [0.2, 0.25) is 0 Å². The van der Waals surface area contributed by atoms with Crippen LogP contribution in [0.4, 0.5) is 20.2 Å². The number of sulfonamides is 1. The van der Waals surface area contributed by atoms with Crippen molar-refractivity contribution in [1.29, 1.82) is 0 Å². The monoisotopic (exact) mass is 439 g/mol. The minimum Gasteiger partial charge on any atom is -0.352 e. The predicted molar refractivity (Wildman–Crippen MR) is 111 cm³/mol. The van der Waals surface area contributed by atoms with Crippen molar-refractivity contribution >= 4 is 33.2 Å². The van der Waals surface area contributed by atoms with Gasteiger partial charge in [0, 0.05) is 30.4 Å². The van der Waals surface area contributed by atoms with E-state index >= 15 is 0 Å². The zero-order chi connectivity index (χ0) is 22.1. The smallest absolute Gasteiger partial charge is 0.254 e. The molecule has 0 unspecified atom stereocenters. The molecular formula is C20H23F2N3O4S. The number of anilines is 2. The van der Waals surface area contributed by atoms with Crippen LogP contribution in [-0.4, -0.2) is 32.5 Å². The van der Waals surface area contributed by atoms with Crippen molar-refractivity contribution in [3.8, 4) is 0 Å². The van der Waals surface area contributed by atoms with E-state index < -0.39 is 27.6 Å². The van der Waals surface area contributed by atoms with Gasteiger partial charge in [-0.3, -0.25) is 14.3 Å². The highest BCUT2D eigenvalue weighted by molar-refractivity contribution is 7.92. The molecule has 0 atom stereocenters. The second-order valence-electron chi connectivity index (χ2n) is 6.53. The molecule has 0 aliphatic carbocycles. The summed E-state index contributed by atoms with van der Waals surface area (Å²) in [6, 6.07) is 8.90. The van der Waals surface area contributed by atoms with Crippen LogP contribution < -0.4 is 15.4 Å². The largest absolute Gasteiger partial charge is 0.352 e. The van der Waals surface area contributed by atoms with Gasteiger partial charge in [0.15, 0.2) is 0 Å². The molecule has 3 N–H and O–H groups in total. The minimum absolute atomic E-state index is 0.0236. The molecule has 0 fully saturated rings. The average molecular weight is 439 g/mol. The first-order chi connectivity index (χ1) is 14.2. The fourth-order valence-corrected chi connectivity index (χ4v) is 3.70. The quantitative estimate of drug-likeness (QED) is 0.494. The number of carbonyl (C=O) groups is 2. The lowest BCUT2D eigenvalue weighted by molar-refractivity contribution is -0.116. The topological polar surface area (TPSA) is 104 Å². The van der Waals surface area contributed by atoms with Crippen molar-refractivity contribution in [3.05, 3.63) is 59.7 Å². The SMILES string of the molecule is CCCS(=O)(=O)Nc1ccc(NC(=O)CCCNC(=O)c2ccc(F)cc2F)cc1. The molecule has 0 spiro atoms. The van der Waals surface area contributed by atoms with Crippen LogP contribution in [0.5, 0.6) is 0 Å². The number of halogens is 2. The number of hydrogen-bond donors (Lipinski definition) is 3. The third-order valence-electron chi connectivity index (χ3n) is 3.96. The molecule has 10 heteroatoms. The van der Waals surface area contributed by atoms with E-state index in [2.05, 4.69) is 15.4 Å². The van der Waals surface area contributed by atoms with Crippen molar-refractivity contribution in [2.24, 2.45) is 0 Å². The number of amides is 2. The molecular weight excluding hydrogens is 416 g/mol. The van der Waals surface area contributed by atoms with Gasteiger partial charge in [0.2, 0.25) is 15.9 Å². The van der Waals surface area contributed by atoms with Crippen LogP contribution in [0.1, 0.15) is 36.5 Å². The van der Waals surface area contributed by atoms with E-state index in [1.807, 2.05) is 0 Å². The zero-order valence-electron chi connectivity index (χ0n) is 16.4. The Hall–Kier alpha value is -3.01. The lowest BCUT2D eigenvalue weighted by Gasteiger charge is -2.09. The third kappa shape index (κ3) is 7.43. The fraction of sp³-hybridized carbons (Fsp3) is 0.300. The highest BCUT2D eigenvalue weighted by Gasteiger charge is 2.12. The van der Waals surface area contributed by atoms with E-state index in [1.165, 1.54) is 0 Å². The van der Waals surface area contributed by atoms with Crippen molar-refractivity contribution in [2.75, 3.05) is 22.3 Å². The molecule has 0 saturated heterocycles. The first-order valence-electron chi connectivity index (χ1n) is 9.34. The van der Waals surface area contributed by atoms with Gasteiger partial charge in [0.05, 0.1) is 11.3 Å². The number of rotatable bonds is 10. The molecule has 2 rings (SSSR count). The second-order valence-corrected chi connectivity index (χ2v) is 8.37. The summed E-state index contributed by atoms with van der Waals surface area (Å²) in [6.45, 7) is 1.91. The highest BCUT2D eigenvalue weighted by atomic mass is 32.2. The molecule has 0 radical (unpaired) electrons. The normalized spacial score (nSPS) is 11.0. The van der Waals surface area contributed by atoms with Crippen LogP contribution in [0, 0.1) is 11.6 Å². The van der Waals surface area contributed by atoms with E-state index in [9.17, 15) is 26.8 Å². The summed E-state index contributed by atoms with van der Waals surface area (Å²) in [5.41, 5.74) is 0.628. The van der Waals surface area contributed by atoms with Gasteiger partial charge in [-0.15, -0.1) is 0 Å². The van der Waals surface area contributed by atoms with Gasteiger partial charge in [-0.1, -0.05) is 6.92 Å². The lowest BCUT2D eigenvalue weighted by atomic mass is 10.2. The van der Waals surface area contributed by atoms with E-state index in [0.717, 1.165) is 12.1 Å². The Kier molecular flexibility index (Phi) is 8.28.